The van der Waals surface area contributed by atoms with E-state index in [9.17, 15) is 9.47 Å². The summed E-state index contributed by atoms with van der Waals surface area (Å²) in [5.74, 6) is 0.903. The molecule has 5 rings (SSSR count). The zero-order valence-electron chi connectivity index (χ0n) is 20.0. The van der Waals surface area contributed by atoms with Crippen molar-refractivity contribution in [2.24, 2.45) is 0 Å². The number of rotatable bonds is 4. The van der Waals surface area contributed by atoms with E-state index in [4.69, 9.17) is 9.97 Å². The minimum Gasteiger partial charge on any atom is -0.365 e. The summed E-state index contributed by atoms with van der Waals surface area (Å²) < 4.78 is 12.5. The fourth-order valence-corrected chi connectivity index (χ4v) is 5.67. The Morgan fingerprint density at radius 1 is 1.12 bits per heavy atom. The molecule has 2 aliphatic heterocycles. The second-order valence-electron chi connectivity index (χ2n) is 9.27. The third kappa shape index (κ3) is 4.15. The molecule has 0 N–H and O–H groups in total. The van der Waals surface area contributed by atoms with E-state index in [1.54, 1.807) is 6.26 Å². The maximum absolute atomic E-state index is 12.5. The first kappa shape index (κ1) is 22.8. The van der Waals surface area contributed by atoms with Crippen LogP contribution in [0.2, 0.25) is 0 Å². The lowest BCUT2D eigenvalue weighted by Crippen LogP contribution is -2.52. The highest BCUT2D eigenvalue weighted by Crippen LogP contribution is 2.35. The molecule has 176 valence electrons. The van der Waals surface area contributed by atoms with Gasteiger partial charge in [-0.3, -0.25) is 9.11 Å². The van der Waals surface area contributed by atoms with E-state index >= 15 is 0 Å². The number of aromatic nitrogens is 2. The zero-order chi connectivity index (χ0) is 23.8. The van der Waals surface area contributed by atoms with Gasteiger partial charge in [0.2, 0.25) is 5.16 Å². The quantitative estimate of drug-likeness (QED) is 0.537. The van der Waals surface area contributed by atoms with E-state index in [2.05, 4.69) is 71.1 Å². The topological polar surface area (TPSA) is 76.4 Å². The van der Waals surface area contributed by atoms with Gasteiger partial charge >= 0.3 is 0 Å². The minimum atomic E-state index is -1.27. The van der Waals surface area contributed by atoms with E-state index in [1.165, 1.54) is 22.0 Å². The van der Waals surface area contributed by atoms with Gasteiger partial charge in [-0.15, -0.1) is 0 Å². The number of hydrogen-bond acceptors (Lipinski definition) is 7. The highest BCUT2D eigenvalue weighted by molar-refractivity contribution is 7.84. The number of anilines is 2. The van der Waals surface area contributed by atoms with Crippen molar-refractivity contribution in [1.82, 2.24) is 14.9 Å². The van der Waals surface area contributed by atoms with Crippen LogP contribution in [-0.4, -0.2) is 64.6 Å². The molecule has 2 aliphatic rings. The Morgan fingerprint density at radius 2 is 1.91 bits per heavy atom. The van der Waals surface area contributed by atoms with Crippen LogP contribution in [0.15, 0.2) is 41.6 Å². The summed E-state index contributed by atoms with van der Waals surface area (Å²) in [5.41, 5.74) is 4.60. The molecule has 3 heterocycles. The Bertz CT molecular complexity index is 1300. The van der Waals surface area contributed by atoms with Crippen molar-refractivity contribution in [3.8, 4) is 6.07 Å². The predicted octanol–water partition coefficient (Wildman–Crippen LogP) is 3.27. The normalized spacial score (nSPS) is 19.6. The summed E-state index contributed by atoms with van der Waals surface area (Å²) in [6.07, 6.45) is 2.96. The molecule has 0 spiro atoms. The van der Waals surface area contributed by atoms with Crippen molar-refractivity contribution < 1.29 is 4.21 Å². The number of nitrogens with zero attached hydrogens (tertiary/aromatic N) is 6. The van der Waals surface area contributed by atoms with Gasteiger partial charge in [0.15, 0.2) is 0 Å². The van der Waals surface area contributed by atoms with Crippen LogP contribution >= 0.6 is 0 Å². The number of aryl methyl sites for hydroxylation is 1. The maximum Gasteiger partial charge on any atom is 0.220 e. The van der Waals surface area contributed by atoms with Crippen molar-refractivity contribution in [2.45, 2.75) is 37.5 Å². The van der Waals surface area contributed by atoms with Crippen LogP contribution in [0.5, 0.6) is 0 Å². The third-order valence-electron chi connectivity index (χ3n) is 7.12. The first-order chi connectivity index (χ1) is 16.5. The number of nitriles is 1. The number of hydrogen-bond donors (Lipinski definition) is 0. The molecule has 2 atom stereocenters. The van der Waals surface area contributed by atoms with E-state index in [0.29, 0.717) is 18.1 Å². The van der Waals surface area contributed by atoms with Crippen LogP contribution in [0, 0.1) is 18.3 Å². The molecule has 0 radical (unpaired) electrons. The first-order valence-corrected chi connectivity index (χ1v) is 13.3. The summed E-state index contributed by atoms with van der Waals surface area (Å²) in [7, 11) is 0.802. The molecule has 0 aliphatic carbocycles. The van der Waals surface area contributed by atoms with Crippen LogP contribution in [0.4, 0.5) is 11.5 Å². The van der Waals surface area contributed by atoms with E-state index < -0.39 is 10.8 Å². The Morgan fingerprint density at radius 3 is 2.68 bits per heavy atom. The fraction of sp³-hybridized carbons (Fsp3) is 0.423. The lowest BCUT2D eigenvalue weighted by molar-refractivity contribution is 0.220. The highest BCUT2D eigenvalue weighted by atomic mass is 32.2. The molecule has 0 bridgehead atoms. The molecule has 0 saturated carbocycles. The smallest absolute Gasteiger partial charge is 0.220 e. The molecule has 3 aromatic rings. The summed E-state index contributed by atoms with van der Waals surface area (Å²) in [5, 5.41) is 12.2. The molecule has 2 aromatic carbocycles. The molecule has 0 amide bonds. The van der Waals surface area contributed by atoms with Gasteiger partial charge in [-0.05, 0) is 37.4 Å². The standard InChI is InChI=1S/C26H30N6OS/c1-18-6-4-7-19-8-5-9-23(24(18)19)31-13-11-21-22(17-31)28-26(34(3)33)29-25(21)32-15-14-30(2)20(16-32)10-12-27/h4-9,20H,10-11,13-17H2,1-3H3. The summed E-state index contributed by atoms with van der Waals surface area (Å²) in [6, 6.07) is 15.4. The Labute approximate surface area is 203 Å². The maximum atomic E-state index is 12.5. The van der Waals surface area contributed by atoms with Crippen LogP contribution < -0.4 is 9.80 Å². The van der Waals surface area contributed by atoms with Crippen LogP contribution in [0.3, 0.4) is 0 Å². The molecule has 7 nitrogen and oxygen atoms in total. The zero-order valence-corrected chi connectivity index (χ0v) is 20.8. The summed E-state index contributed by atoms with van der Waals surface area (Å²) >= 11 is 0. The van der Waals surface area contributed by atoms with E-state index in [-0.39, 0.29) is 6.04 Å². The number of fused-ring (bicyclic) bond motifs is 2. The summed E-state index contributed by atoms with van der Waals surface area (Å²) in [6.45, 7) is 6.16. The molecular formula is C26H30N6OS. The average Bonchev–Trinajstić information content (AvgIpc) is 2.84. The van der Waals surface area contributed by atoms with Gasteiger partial charge in [0.05, 0.1) is 35.5 Å². The van der Waals surface area contributed by atoms with Gasteiger partial charge in [-0.25, -0.2) is 9.97 Å². The van der Waals surface area contributed by atoms with Gasteiger partial charge in [0.25, 0.3) is 0 Å². The molecule has 2 unspecified atom stereocenters. The van der Waals surface area contributed by atoms with Gasteiger partial charge in [0.1, 0.15) is 5.82 Å². The summed E-state index contributed by atoms with van der Waals surface area (Å²) in [4.78, 5) is 16.5. The fourth-order valence-electron chi connectivity index (χ4n) is 5.22. The SMILES string of the molecule is Cc1cccc2cccc(N3CCc4c(nc(S(C)=O)nc4N4CCN(C)C(CC#N)C4)C3)c12. The molecule has 8 heteroatoms. The molecule has 1 fully saturated rings. The third-order valence-corrected chi connectivity index (χ3v) is 7.81. The van der Waals surface area contributed by atoms with E-state index in [0.717, 1.165) is 49.7 Å². The number of benzene rings is 2. The van der Waals surface area contributed by atoms with E-state index in [1.807, 2.05) is 0 Å². The van der Waals surface area contributed by atoms with Gasteiger partial charge in [0, 0.05) is 55.1 Å². The number of piperazine rings is 1. The Balaban J connectivity index is 1.53. The van der Waals surface area contributed by atoms with Gasteiger partial charge in [-0.2, -0.15) is 5.26 Å². The van der Waals surface area contributed by atoms with Crippen molar-refractivity contribution >= 4 is 33.1 Å². The Hall–Kier alpha value is -3.02. The largest absolute Gasteiger partial charge is 0.365 e. The second-order valence-corrected chi connectivity index (χ2v) is 10.5. The van der Waals surface area contributed by atoms with Crippen molar-refractivity contribution in [2.75, 3.05) is 49.3 Å². The predicted molar refractivity (Wildman–Crippen MR) is 137 cm³/mol. The van der Waals surface area contributed by atoms with Crippen molar-refractivity contribution in [3.05, 3.63) is 53.2 Å². The molecule has 1 saturated heterocycles. The van der Waals surface area contributed by atoms with Crippen LogP contribution in [0.25, 0.3) is 10.8 Å². The molecule has 34 heavy (non-hydrogen) atoms. The monoisotopic (exact) mass is 474 g/mol. The van der Waals surface area contributed by atoms with Gasteiger partial charge < -0.3 is 9.80 Å². The first-order valence-electron chi connectivity index (χ1n) is 11.7. The average molecular weight is 475 g/mol. The van der Waals surface area contributed by atoms with Crippen LogP contribution in [-0.2, 0) is 23.8 Å². The van der Waals surface area contributed by atoms with Gasteiger partial charge in [-0.1, -0.05) is 30.3 Å². The molecular weight excluding hydrogens is 444 g/mol. The lowest BCUT2D eigenvalue weighted by Gasteiger charge is -2.41. The van der Waals surface area contributed by atoms with Crippen molar-refractivity contribution in [1.29, 1.82) is 5.26 Å². The highest BCUT2D eigenvalue weighted by Gasteiger charge is 2.31. The second kappa shape index (κ2) is 9.32. The minimum absolute atomic E-state index is 0.165. The van der Waals surface area contributed by atoms with Crippen LogP contribution in [0.1, 0.15) is 23.2 Å². The Kier molecular flexibility index (Phi) is 6.24. The van der Waals surface area contributed by atoms with Crippen molar-refractivity contribution in [3.63, 3.8) is 0 Å². The lowest BCUT2D eigenvalue weighted by atomic mass is 9.99. The number of likely N-dealkylation sites (N-methyl/N-ethyl adjacent to an activating group) is 1. The molecule has 1 aromatic heterocycles.